The largest absolute Gasteiger partial charge is 0.497 e. The van der Waals surface area contributed by atoms with Crippen molar-refractivity contribution < 1.29 is 33.6 Å². The van der Waals surface area contributed by atoms with Crippen LogP contribution in [-0.4, -0.2) is 53.6 Å². The zero-order valence-electron chi connectivity index (χ0n) is 32.5. The van der Waals surface area contributed by atoms with Gasteiger partial charge in [0, 0.05) is 30.9 Å². The molecule has 0 aliphatic carbocycles. The number of aromatic carboxylic acids is 1. The molecule has 0 fully saturated rings. The molecule has 0 bridgehead atoms. The minimum atomic E-state index is -1.10. The minimum absolute atomic E-state index is 0.226. The summed E-state index contributed by atoms with van der Waals surface area (Å²) in [5, 5.41) is 8.38. The number of aromatic nitrogens is 2. The molecule has 0 saturated carbocycles. The van der Waals surface area contributed by atoms with Gasteiger partial charge >= 0.3 is 11.7 Å². The van der Waals surface area contributed by atoms with Crippen LogP contribution in [0.2, 0.25) is 0 Å². The summed E-state index contributed by atoms with van der Waals surface area (Å²) in [5.41, 5.74) is 0.839. The van der Waals surface area contributed by atoms with Crippen molar-refractivity contribution in [3.05, 3.63) is 200 Å². The molecule has 5 aromatic carbocycles. The van der Waals surface area contributed by atoms with E-state index >= 15 is 0 Å². The molecule has 11 heteroatoms. The molecule has 1 aromatic heterocycles. The van der Waals surface area contributed by atoms with Crippen LogP contribution in [0.5, 0.6) is 11.5 Å². The van der Waals surface area contributed by atoms with Crippen molar-refractivity contribution in [1.82, 2.24) is 9.13 Å². The maximum Gasteiger partial charge on any atom is 0.340 e. The molecule has 57 heavy (non-hydrogen) atoms. The number of aryl methyl sites for hydroxylation is 1. The fourth-order valence-electron chi connectivity index (χ4n) is 6.50. The quantitative estimate of drug-likeness (QED) is 0.110. The van der Waals surface area contributed by atoms with Crippen LogP contribution in [0.1, 0.15) is 69.0 Å². The van der Waals surface area contributed by atoms with Crippen molar-refractivity contribution in [3.63, 3.8) is 0 Å². The maximum absolute atomic E-state index is 13.9. The number of hydrogen-bond acceptors (Lipinski definition) is 8. The lowest BCUT2D eigenvalue weighted by Gasteiger charge is -2.39. The molecule has 294 valence electrons. The Kier molecular flexibility index (Phi) is 14.1. The highest BCUT2D eigenvalue weighted by Crippen LogP contribution is 2.43. The third kappa shape index (κ3) is 9.46. The number of hydrogen-bond donors (Lipinski definition) is 1. The maximum atomic E-state index is 13.9. The summed E-state index contributed by atoms with van der Waals surface area (Å²) in [6.07, 6.45) is 0.883. The van der Waals surface area contributed by atoms with Crippen molar-refractivity contribution in [2.75, 3.05) is 21.3 Å². The van der Waals surface area contributed by atoms with Gasteiger partial charge in [-0.05, 0) is 78.6 Å². The van der Waals surface area contributed by atoms with E-state index in [9.17, 15) is 19.2 Å². The van der Waals surface area contributed by atoms with Gasteiger partial charge in [-0.25, -0.2) is 9.59 Å². The normalized spacial score (nSPS) is 12.1. The number of benzene rings is 5. The standard InChI is InChI=1S/C39H40N2O7.C7H6O2/c1-6-32(25-35(47-5)40-26-27(2)36(42)41(38(40)44)37(43)28-13-9-7-10-14-28)48-39(29-15-11-8-12-16-29,30-17-21-33(45-3)22-18-30)31-19-23-34(46-4)24-20-31;8-7(9)6-4-2-1-3-5-6/h7-24,26,32,35H,6,25H2,1-5H3;1-5H,(H,8,9)/t32-,35?;/m1./s1. The van der Waals surface area contributed by atoms with Gasteiger partial charge in [-0.3, -0.25) is 14.2 Å². The first kappa shape index (κ1) is 41.6. The van der Waals surface area contributed by atoms with Gasteiger partial charge in [0.15, 0.2) is 0 Å². The van der Waals surface area contributed by atoms with Crippen molar-refractivity contribution in [3.8, 4) is 11.5 Å². The second kappa shape index (κ2) is 19.3. The Morgan fingerprint density at radius 2 is 1.12 bits per heavy atom. The highest BCUT2D eigenvalue weighted by molar-refractivity contribution is 5.95. The number of carbonyl (C=O) groups is 2. The van der Waals surface area contributed by atoms with Crippen LogP contribution in [-0.2, 0) is 15.1 Å². The first-order valence-corrected chi connectivity index (χ1v) is 18.4. The second-order valence-corrected chi connectivity index (χ2v) is 13.1. The molecule has 0 radical (unpaired) electrons. The summed E-state index contributed by atoms with van der Waals surface area (Å²) in [6.45, 7) is 3.57. The predicted molar refractivity (Wildman–Crippen MR) is 217 cm³/mol. The third-order valence-electron chi connectivity index (χ3n) is 9.55. The number of carboxylic acids is 1. The van der Waals surface area contributed by atoms with E-state index in [1.807, 2.05) is 85.8 Å². The summed E-state index contributed by atoms with van der Waals surface area (Å²) in [5.74, 6) is -0.174. The molecule has 0 saturated heterocycles. The molecule has 0 spiro atoms. The van der Waals surface area contributed by atoms with Crippen molar-refractivity contribution in [2.45, 2.75) is 44.6 Å². The number of rotatable bonds is 14. The van der Waals surface area contributed by atoms with E-state index in [-0.39, 0.29) is 17.5 Å². The molecule has 0 amide bonds. The lowest BCUT2D eigenvalue weighted by Crippen LogP contribution is -2.46. The van der Waals surface area contributed by atoms with E-state index < -0.39 is 41.1 Å². The average molecular weight is 771 g/mol. The van der Waals surface area contributed by atoms with Gasteiger partial charge in [-0.2, -0.15) is 4.57 Å². The molecular formula is C46H46N2O9. The Labute approximate surface area is 331 Å². The van der Waals surface area contributed by atoms with Crippen molar-refractivity contribution >= 4 is 11.9 Å². The zero-order valence-corrected chi connectivity index (χ0v) is 32.5. The zero-order chi connectivity index (χ0) is 41.0. The lowest BCUT2D eigenvalue weighted by atomic mass is 9.79. The molecule has 11 nitrogen and oxygen atoms in total. The van der Waals surface area contributed by atoms with Gasteiger partial charge in [-0.15, -0.1) is 0 Å². The van der Waals surface area contributed by atoms with Gasteiger partial charge in [-0.1, -0.05) is 97.9 Å². The van der Waals surface area contributed by atoms with E-state index in [2.05, 4.69) is 0 Å². The first-order valence-electron chi connectivity index (χ1n) is 18.4. The number of methoxy groups -OCH3 is 3. The molecule has 1 N–H and O–H groups in total. The van der Waals surface area contributed by atoms with E-state index in [0.29, 0.717) is 28.1 Å². The van der Waals surface area contributed by atoms with Crippen LogP contribution < -0.4 is 20.7 Å². The molecule has 0 aliphatic rings. The van der Waals surface area contributed by atoms with Gasteiger partial charge in [0.1, 0.15) is 23.3 Å². The Morgan fingerprint density at radius 3 is 1.54 bits per heavy atom. The van der Waals surface area contributed by atoms with Crippen LogP contribution in [0.4, 0.5) is 0 Å². The Morgan fingerprint density at radius 1 is 0.667 bits per heavy atom. The molecular weight excluding hydrogens is 725 g/mol. The molecule has 1 unspecified atom stereocenters. The summed E-state index contributed by atoms with van der Waals surface area (Å²) < 4.78 is 26.1. The van der Waals surface area contributed by atoms with Crippen LogP contribution >= 0.6 is 0 Å². The minimum Gasteiger partial charge on any atom is -0.497 e. The third-order valence-corrected chi connectivity index (χ3v) is 9.55. The summed E-state index contributed by atoms with van der Waals surface area (Å²) >= 11 is 0. The molecule has 6 rings (SSSR count). The van der Waals surface area contributed by atoms with Gasteiger partial charge < -0.3 is 24.1 Å². The van der Waals surface area contributed by atoms with E-state index in [1.165, 1.54) is 17.9 Å². The van der Waals surface area contributed by atoms with E-state index in [0.717, 1.165) is 16.7 Å². The van der Waals surface area contributed by atoms with Crippen LogP contribution in [0.15, 0.2) is 155 Å². The average Bonchev–Trinajstić information content (AvgIpc) is 3.26. The number of carbonyl (C=O) groups excluding carboxylic acids is 1. The van der Waals surface area contributed by atoms with E-state index in [1.54, 1.807) is 81.8 Å². The number of carboxylic acid groups (broad SMARTS) is 1. The second-order valence-electron chi connectivity index (χ2n) is 13.1. The lowest BCUT2D eigenvalue weighted by molar-refractivity contribution is -0.0863. The topological polar surface area (TPSA) is 135 Å². The highest BCUT2D eigenvalue weighted by atomic mass is 16.5. The predicted octanol–water partition coefficient (Wildman–Crippen LogP) is 7.73. The van der Waals surface area contributed by atoms with Gasteiger partial charge in [0.2, 0.25) is 0 Å². The summed E-state index contributed by atoms with van der Waals surface area (Å²) in [6, 6.07) is 42.0. The Balaban J connectivity index is 0.000000606. The fraction of sp³-hybridized carbons (Fsp3) is 0.217. The SMILES string of the molecule is CC[C@H](CC(OC)n1cc(C)c(=O)n(C(=O)c2ccccc2)c1=O)OC(c1ccccc1)(c1ccc(OC)cc1)c1ccc(OC)cc1.O=C(O)c1ccccc1. The Bertz CT molecular complexity index is 2290. The molecule has 2 atom stereocenters. The van der Waals surface area contributed by atoms with Gasteiger partial charge in [0.25, 0.3) is 11.5 Å². The highest BCUT2D eigenvalue weighted by Gasteiger charge is 2.40. The molecule has 1 heterocycles. The van der Waals surface area contributed by atoms with E-state index in [4.69, 9.17) is 24.1 Å². The summed E-state index contributed by atoms with van der Waals surface area (Å²) in [7, 11) is 4.74. The van der Waals surface area contributed by atoms with Crippen molar-refractivity contribution in [1.29, 1.82) is 0 Å². The van der Waals surface area contributed by atoms with Crippen LogP contribution in [0.3, 0.4) is 0 Å². The molecule has 6 aromatic rings. The molecule has 0 aliphatic heterocycles. The van der Waals surface area contributed by atoms with Crippen LogP contribution in [0, 0.1) is 6.92 Å². The van der Waals surface area contributed by atoms with Crippen LogP contribution in [0.25, 0.3) is 0 Å². The summed E-state index contributed by atoms with van der Waals surface area (Å²) in [4.78, 5) is 50.6. The fourth-order valence-corrected chi connectivity index (χ4v) is 6.50. The monoisotopic (exact) mass is 770 g/mol. The Hall–Kier alpha value is -6.56. The smallest absolute Gasteiger partial charge is 0.340 e. The first-order chi connectivity index (χ1) is 27.6. The number of nitrogens with zero attached hydrogens (tertiary/aromatic N) is 2. The number of ether oxygens (including phenoxy) is 4. The van der Waals surface area contributed by atoms with Gasteiger partial charge in [0.05, 0.1) is 25.9 Å². The van der Waals surface area contributed by atoms with Crippen molar-refractivity contribution in [2.24, 2.45) is 0 Å².